The maximum atomic E-state index is 13.1. The van der Waals surface area contributed by atoms with Gasteiger partial charge in [0.2, 0.25) is 0 Å². The molecule has 1 N–H and O–H groups in total. The first-order chi connectivity index (χ1) is 8.63. The van der Waals surface area contributed by atoms with Gasteiger partial charge in [-0.3, -0.25) is 0 Å². The number of hydrogen-bond donors (Lipinski definition) is 1. The lowest BCUT2D eigenvalue weighted by atomic mass is 9.99. The molecule has 18 heavy (non-hydrogen) atoms. The quantitative estimate of drug-likeness (QED) is 0.680. The summed E-state index contributed by atoms with van der Waals surface area (Å²) < 4.78 is 13.1. The minimum Gasteiger partial charge on any atom is -0.393 e. The van der Waals surface area contributed by atoms with E-state index in [9.17, 15) is 9.50 Å². The topological polar surface area (TPSA) is 20.2 Å². The molecule has 0 saturated carbocycles. The summed E-state index contributed by atoms with van der Waals surface area (Å²) in [5, 5.41) is 9.95. The van der Waals surface area contributed by atoms with Crippen LogP contribution in [0.5, 0.6) is 0 Å². The van der Waals surface area contributed by atoms with Crippen LogP contribution >= 0.6 is 0 Å². The molecule has 0 aliphatic rings. The largest absolute Gasteiger partial charge is 0.393 e. The number of hydrogen-bond acceptors (Lipinski definition) is 1. The molecular formula is C16H25FO. The van der Waals surface area contributed by atoms with E-state index in [-0.39, 0.29) is 11.9 Å². The molecule has 1 rings (SSSR count). The van der Waals surface area contributed by atoms with Crippen molar-refractivity contribution >= 4 is 0 Å². The summed E-state index contributed by atoms with van der Waals surface area (Å²) in [4.78, 5) is 0. The molecule has 0 fully saturated rings. The molecule has 1 unspecified atom stereocenters. The zero-order valence-electron chi connectivity index (χ0n) is 11.6. The van der Waals surface area contributed by atoms with Crippen molar-refractivity contribution in [2.75, 3.05) is 0 Å². The Morgan fingerprint density at radius 3 is 2.61 bits per heavy atom. The van der Waals surface area contributed by atoms with Crippen LogP contribution < -0.4 is 0 Å². The maximum absolute atomic E-state index is 13.1. The summed E-state index contributed by atoms with van der Waals surface area (Å²) in [6.45, 7) is 4.16. The van der Waals surface area contributed by atoms with Gasteiger partial charge in [-0.15, -0.1) is 0 Å². The van der Waals surface area contributed by atoms with E-state index in [0.29, 0.717) is 6.42 Å². The van der Waals surface area contributed by atoms with Gasteiger partial charge in [-0.25, -0.2) is 4.39 Å². The average Bonchev–Trinajstić information content (AvgIpc) is 2.33. The minimum atomic E-state index is -0.341. The number of aliphatic hydroxyl groups is 1. The number of aliphatic hydroxyl groups excluding tert-OH is 1. The fourth-order valence-electron chi connectivity index (χ4n) is 2.20. The number of benzene rings is 1. The van der Waals surface area contributed by atoms with Gasteiger partial charge >= 0.3 is 0 Å². The Labute approximate surface area is 110 Å². The van der Waals surface area contributed by atoms with E-state index in [1.54, 1.807) is 6.07 Å². The van der Waals surface area contributed by atoms with Crippen LogP contribution in [0.25, 0.3) is 0 Å². The van der Waals surface area contributed by atoms with E-state index in [0.717, 1.165) is 24.0 Å². The molecule has 0 aromatic heterocycles. The molecule has 2 heteroatoms. The van der Waals surface area contributed by atoms with Crippen molar-refractivity contribution in [2.45, 2.75) is 64.9 Å². The first-order valence-corrected chi connectivity index (χ1v) is 7.06. The van der Waals surface area contributed by atoms with E-state index >= 15 is 0 Å². The van der Waals surface area contributed by atoms with Gasteiger partial charge in [-0.05, 0) is 43.0 Å². The predicted molar refractivity (Wildman–Crippen MR) is 74.2 cm³/mol. The Morgan fingerprint density at radius 1 is 1.17 bits per heavy atom. The monoisotopic (exact) mass is 252 g/mol. The van der Waals surface area contributed by atoms with Crippen LogP contribution in [-0.2, 0) is 6.42 Å². The maximum Gasteiger partial charge on any atom is 0.123 e. The highest BCUT2D eigenvalue weighted by atomic mass is 19.1. The molecule has 1 aromatic rings. The van der Waals surface area contributed by atoms with Crippen molar-refractivity contribution in [3.63, 3.8) is 0 Å². The number of unbranched alkanes of at least 4 members (excludes halogenated alkanes) is 4. The van der Waals surface area contributed by atoms with Crippen LogP contribution in [0, 0.1) is 12.7 Å². The summed E-state index contributed by atoms with van der Waals surface area (Å²) >= 11 is 0. The van der Waals surface area contributed by atoms with Crippen LogP contribution in [0.3, 0.4) is 0 Å². The third kappa shape index (κ3) is 5.63. The molecule has 0 bridgehead atoms. The molecular weight excluding hydrogens is 227 g/mol. The Balaban J connectivity index is 2.30. The fraction of sp³-hybridized carbons (Fsp3) is 0.625. The highest BCUT2D eigenvalue weighted by Gasteiger charge is 2.08. The van der Waals surface area contributed by atoms with Gasteiger partial charge in [-0.1, -0.05) is 45.1 Å². The first-order valence-electron chi connectivity index (χ1n) is 7.06. The molecule has 0 aliphatic carbocycles. The summed E-state index contributed by atoms with van der Waals surface area (Å²) in [5.74, 6) is -0.217. The Kier molecular flexibility index (Phi) is 6.96. The minimum absolute atomic E-state index is 0.217. The SMILES string of the molecule is CCCCCCCC(O)Cc1cc(F)ccc1C. The van der Waals surface area contributed by atoms with Gasteiger partial charge in [0.15, 0.2) is 0 Å². The van der Waals surface area contributed by atoms with Gasteiger partial charge in [0.1, 0.15) is 5.82 Å². The van der Waals surface area contributed by atoms with Crippen LogP contribution in [0.2, 0.25) is 0 Å². The van der Waals surface area contributed by atoms with Gasteiger partial charge < -0.3 is 5.11 Å². The van der Waals surface area contributed by atoms with E-state index in [2.05, 4.69) is 6.92 Å². The molecule has 1 aromatic carbocycles. The molecule has 1 nitrogen and oxygen atoms in total. The summed E-state index contributed by atoms with van der Waals surface area (Å²) in [7, 11) is 0. The first kappa shape index (κ1) is 15.2. The van der Waals surface area contributed by atoms with E-state index in [1.165, 1.54) is 37.8 Å². The van der Waals surface area contributed by atoms with Crippen molar-refractivity contribution in [3.05, 3.63) is 35.1 Å². The summed E-state index contributed by atoms with van der Waals surface area (Å²) in [5.41, 5.74) is 1.98. The third-order valence-electron chi connectivity index (χ3n) is 3.41. The normalized spacial score (nSPS) is 12.7. The predicted octanol–water partition coefficient (Wildman–Crippen LogP) is 4.40. The molecule has 0 saturated heterocycles. The highest BCUT2D eigenvalue weighted by Crippen LogP contribution is 2.15. The second-order valence-corrected chi connectivity index (χ2v) is 5.13. The van der Waals surface area contributed by atoms with Gasteiger partial charge in [0, 0.05) is 0 Å². The van der Waals surface area contributed by atoms with Crippen molar-refractivity contribution in [3.8, 4) is 0 Å². The molecule has 102 valence electrons. The Bertz CT molecular complexity index is 349. The zero-order chi connectivity index (χ0) is 13.4. The molecule has 0 radical (unpaired) electrons. The smallest absolute Gasteiger partial charge is 0.123 e. The van der Waals surface area contributed by atoms with Crippen molar-refractivity contribution in [1.82, 2.24) is 0 Å². The molecule has 0 heterocycles. The number of rotatable bonds is 8. The van der Waals surface area contributed by atoms with Crippen molar-refractivity contribution < 1.29 is 9.50 Å². The lowest BCUT2D eigenvalue weighted by molar-refractivity contribution is 0.160. The third-order valence-corrected chi connectivity index (χ3v) is 3.41. The average molecular weight is 252 g/mol. The summed E-state index contributed by atoms with van der Waals surface area (Å²) in [6.07, 6.45) is 7.07. The highest BCUT2D eigenvalue weighted by molar-refractivity contribution is 5.27. The molecule has 0 spiro atoms. The molecule has 0 aliphatic heterocycles. The lowest BCUT2D eigenvalue weighted by Crippen LogP contribution is -2.11. The van der Waals surface area contributed by atoms with Gasteiger partial charge in [0.05, 0.1) is 6.10 Å². The van der Waals surface area contributed by atoms with Crippen LogP contribution in [0.15, 0.2) is 18.2 Å². The Hall–Kier alpha value is -0.890. The van der Waals surface area contributed by atoms with Crippen LogP contribution in [0.1, 0.15) is 56.6 Å². The van der Waals surface area contributed by atoms with Gasteiger partial charge in [0.25, 0.3) is 0 Å². The number of halogens is 1. The van der Waals surface area contributed by atoms with E-state index in [4.69, 9.17) is 0 Å². The van der Waals surface area contributed by atoms with E-state index < -0.39 is 0 Å². The fourth-order valence-corrected chi connectivity index (χ4v) is 2.20. The molecule has 1 atom stereocenters. The lowest BCUT2D eigenvalue weighted by Gasteiger charge is -2.12. The summed E-state index contributed by atoms with van der Waals surface area (Å²) in [6, 6.07) is 4.78. The second kappa shape index (κ2) is 8.25. The van der Waals surface area contributed by atoms with Crippen LogP contribution in [-0.4, -0.2) is 11.2 Å². The number of aryl methyl sites for hydroxylation is 1. The van der Waals surface area contributed by atoms with Crippen LogP contribution in [0.4, 0.5) is 4.39 Å². The van der Waals surface area contributed by atoms with Crippen molar-refractivity contribution in [1.29, 1.82) is 0 Å². The Morgan fingerprint density at radius 2 is 1.89 bits per heavy atom. The van der Waals surface area contributed by atoms with Gasteiger partial charge in [-0.2, -0.15) is 0 Å². The standard InChI is InChI=1S/C16H25FO/c1-3-4-5-6-7-8-16(18)12-14-11-15(17)10-9-13(14)2/h9-11,16,18H,3-8,12H2,1-2H3. The zero-order valence-corrected chi connectivity index (χ0v) is 11.6. The van der Waals surface area contributed by atoms with E-state index in [1.807, 2.05) is 6.92 Å². The second-order valence-electron chi connectivity index (χ2n) is 5.13. The molecule has 0 amide bonds. The van der Waals surface area contributed by atoms with Crippen molar-refractivity contribution in [2.24, 2.45) is 0 Å².